The summed E-state index contributed by atoms with van der Waals surface area (Å²) in [6, 6.07) is 6.13. The van der Waals surface area contributed by atoms with E-state index in [-0.39, 0.29) is 35.2 Å². The van der Waals surface area contributed by atoms with E-state index in [1.165, 1.54) is 12.1 Å². The third-order valence-electron chi connectivity index (χ3n) is 4.82. The molecule has 0 aliphatic carbocycles. The third-order valence-corrected chi connectivity index (χ3v) is 4.82. The number of benzene rings is 1. The highest BCUT2D eigenvalue weighted by molar-refractivity contribution is 5.45. The molecule has 7 heteroatoms. The molecule has 2 N–H and O–H groups in total. The number of nitro groups is 1. The van der Waals surface area contributed by atoms with Crippen LogP contribution in [0.3, 0.4) is 0 Å². The number of aliphatic hydroxyl groups is 2. The normalized spacial score (nSPS) is 21.7. The van der Waals surface area contributed by atoms with Gasteiger partial charge >= 0.3 is 5.69 Å². The van der Waals surface area contributed by atoms with Crippen LogP contribution < -0.4 is 4.74 Å². The van der Waals surface area contributed by atoms with Crippen LogP contribution in [0.2, 0.25) is 0 Å². The fraction of sp³-hybridized carbons (Fsp3) is 0.667. The molecule has 0 radical (unpaired) electrons. The largest absolute Gasteiger partial charge is 0.484 e. The van der Waals surface area contributed by atoms with Gasteiger partial charge in [-0.2, -0.15) is 0 Å². The Morgan fingerprint density at radius 3 is 2.40 bits per heavy atom. The number of piperidine rings is 1. The summed E-state index contributed by atoms with van der Waals surface area (Å²) in [5, 5.41) is 31.5. The second-order valence-electron chi connectivity index (χ2n) is 7.99. The number of ether oxygens (including phenoxy) is 1. The first-order valence-electron chi connectivity index (χ1n) is 8.53. The van der Waals surface area contributed by atoms with Gasteiger partial charge < -0.3 is 14.9 Å². The van der Waals surface area contributed by atoms with Crippen LogP contribution in [0.4, 0.5) is 5.69 Å². The van der Waals surface area contributed by atoms with Gasteiger partial charge in [0, 0.05) is 23.7 Å². The quantitative estimate of drug-likeness (QED) is 0.603. The summed E-state index contributed by atoms with van der Waals surface area (Å²) in [6.45, 7) is 8.53. The summed E-state index contributed by atoms with van der Waals surface area (Å²) in [6.07, 6.45) is 0.109. The molecular formula is C18H28N2O5. The van der Waals surface area contributed by atoms with Crippen LogP contribution in [0.1, 0.15) is 40.5 Å². The molecule has 1 saturated heterocycles. The van der Waals surface area contributed by atoms with Gasteiger partial charge in [0.25, 0.3) is 0 Å². The molecule has 1 fully saturated rings. The van der Waals surface area contributed by atoms with Crippen LogP contribution in [-0.2, 0) is 0 Å². The zero-order valence-electron chi connectivity index (χ0n) is 15.3. The molecule has 25 heavy (non-hydrogen) atoms. The van der Waals surface area contributed by atoms with E-state index in [0.29, 0.717) is 19.4 Å². The predicted molar refractivity (Wildman–Crippen MR) is 94.7 cm³/mol. The van der Waals surface area contributed by atoms with E-state index in [0.717, 1.165) is 0 Å². The monoisotopic (exact) mass is 352 g/mol. The lowest BCUT2D eigenvalue weighted by Gasteiger charge is -2.54. The molecule has 0 saturated carbocycles. The molecule has 7 nitrogen and oxygen atoms in total. The summed E-state index contributed by atoms with van der Waals surface area (Å²) in [7, 11) is 0. The Labute approximate surface area is 148 Å². The van der Waals surface area contributed by atoms with E-state index >= 15 is 0 Å². The number of hydrogen-bond acceptors (Lipinski definition) is 6. The molecule has 1 aliphatic rings. The maximum Gasteiger partial charge on any atom is 0.310 e. The van der Waals surface area contributed by atoms with Gasteiger partial charge in [-0.15, -0.1) is 0 Å². The lowest BCUT2D eigenvalue weighted by molar-refractivity contribution is -0.385. The summed E-state index contributed by atoms with van der Waals surface area (Å²) in [5.74, 6) is 0.152. The molecule has 0 amide bonds. The van der Waals surface area contributed by atoms with Crippen LogP contribution in [0.15, 0.2) is 24.3 Å². The molecule has 1 aromatic carbocycles. The number of hydrogen-bond donors (Lipinski definition) is 2. The van der Waals surface area contributed by atoms with Crippen molar-refractivity contribution in [2.24, 2.45) is 0 Å². The number of nitrogens with zero attached hydrogens (tertiary/aromatic N) is 2. The standard InChI is InChI=1S/C18H28N2O5/c1-17(2)9-13(21)10-18(3,4)19(17)11-14(22)12-25-16-8-6-5-7-15(16)20(23)24/h5-8,13-14,21-22H,9-12H2,1-4H3. The maximum atomic E-state index is 11.0. The Balaban J connectivity index is 2.02. The Morgan fingerprint density at radius 1 is 1.28 bits per heavy atom. The third kappa shape index (κ3) is 4.68. The summed E-state index contributed by atoms with van der Waals surface area (Å²) in [5.41, 5.74) is -0.640. The molecule has 0 bridgehead atoms. The summed E-state index contributed by atoms with van der Waals surface area (Å²) in [4.78, 5) is 12.7. The minimum atomic E-state index is -0.798. The van der Waals surface area contributed by atoms with Crippen LogP contribution in [0.5, 0.6) is 5.75 Å². The van der Waals surface area contributed by atoms with Crippen molar-refractivity contribution >= 4 is 5.69 Å². The number of likely N-dealkylation sites (tertiary alicyclic amines) is 1. The molecule has 0 aromatic heterocycles. The average Bonchev–Trinajstić information content (AvgIpc) is 2.48. The molecule has 140 valence electrons. The SMILES string of the molecule is CC1(C)CC(O)CC(C)(C)N1CC(O)COc1ccccc1[N+](=O)[O-]. The molecule has 1 unspecified atom stereocenters. The van der Waals surface area contributed by atoms with E-state index in [9.17, 15) is 20.3 Å². The molecule has 1 aliphatic heterocycles. The van der Waals surface area contributed by atoms with E-state index in [1.807, 2.05) is 27.7 Å². The zero-order chi connectivity index (χ0) is 18.8. The highest BCUT2D eigenvalue weighted by atomic mass is 16.6. The van der Waals surface area contributed by atoms with Gasteiger partial charge in [-0.25, -0.2) is 0 Å². The summed E-state index contributed by atoms with van der Waals surface area (Å²) >= 11 is 0. The van der Waals surface area contributed by atoms with Gasteiger partial charge in [-0.3, -0.25) is 15.0 Å². The molecular weight excluding hydrogens is 324 g/mol. The van der Waals surface area contributed by atoms with Gasteiger partial charge in [-0.1, -0.05) is 12.1 Å². The van der Waals surface area contributed by atoms with Crippen LogP contribution in [0.25, 0.3) is 0 Å². The van der Waals surface area contributed by atoms with Gasteiger partial charge in [-0.05, 0) is 46.6 Å². The van der Waals surface area contributed by atoms with Crippen LogP contribution in [0, 0.1) is 10.1 Å². The molecule has 1 aromatic rings. The zero-order valence-corrected chi connectivity index (χ0v) is 15.3. The van der Waals surface area contributed by atoms with E-state index in [4.69, 9.17) is 4.74 Å². The van der Waals surface area contributed by atoms with Crippen molar-refractivity contribution < 1.29 is 19.9 Å². The van der Waals surface area contributed by atoms with Crippen molar-refractivity contribution in [3.05, 3.63) is 34.4 Å². The van der Waals surface area contributed by atoms with Gasteiger partial charge in [0.2, 0.25) is 0 Å². The fourth-order valence-electron chi connectivity index (χ4n) is 3.94. The Hall–Kier alpha value is -1.70. The molecule has 1 heterocycles. The van der Waals surface area contributed by atoms with Crippen molar-refractivity contribution in [1.29, 1.82) is 0 Å². The van der Waals surface area contributed by atoms with Gasteiger partial charge in [0.05, 0.1) is 11.0 Å². The lowest BCUT2D eigenvalue weighted by atomic mass is 9.78. The number of β-amino-alcohol motifs (C(OH)–C–C–N with tert-alkyl or cyclic N) is 1. The number of nitro benzene ring substituents is 1. The molecule has 0 spiro atoms. The smallest absolute Gasteiger partial charge is 0.310 e. The average molecular weight is 352 g/mol. The maximum absolute atomic E-state index is 11.0. The Morgan fingerprint density at radius 2 is 1.84 bits per heavy atom. The van der Waals surface area contributed by atoms with E-state index in [1.54, 1.807) is 12.1 Å². The Bertz CT molecular complexity index is 599. The topological polar surface area (TPSA) is 96.1 Å². The number of aliphatic hydroxyl groups excluding tert-OH is 2. The minimum absolute atomic E-state index is 0.0317. The highest BCUT2D eigenvalue weighted by Gasteiger charge is 2.45. The van der Waals surface area contributed by atoms with Gasteiger partial charge in [0.1, 0.15) is 12.7 Å². The summed E-state index contributed by atoms with van der Waals surface area (Å²) < 4.78 is 5.49. The molecule has 1 atom stereocenters. The van der Waals surface area contributed by atoms with E-state index in [2.05, 4.69) is 4.90 Å². The first-order valence-corrected chi connectivity index (χ1v) is 8.53. The van der Waals surface area contributed by atoms with Crippen molar-refractivity contribution in [1.82, 2.24) is 4.90 Å². The second-order valence-corrected chi connectivity index (χ2v) is 7.99. The van der Waals surface area contributed by atoms with Crippen molar-refractivity contribution in [3.63, 3.8) is 0 Å². The Kier molecular flexibility index (Phi) is 5.71. The lowest BCUT2D eigenvalue weighted by Crippen LogP contribution is -2.63. The minimum Gasteiger partial charge on any atom is -0.484 e. The van der Waals surface area contributed by atoms with Crippen molar-refractivity contribution in [2.75, 3.05) is 13.2 Å². The van der Waals surface area contributed by atoms with Crippen molar-refractivity contribution in [3.8, 4) is 5.75 Å². The fourth-order valence-corrected chi connectivity index (χ4v) is 3.94. The first kappa shape index (κ1) is 19.6. The molecule has 2 rings (SSSR count). The first-order chi connectivity index (χ1) is 11.5. The van der Waals surface area contributed by atoms with Gasteiger partial charge in [0.15, 0.2) is 5.75 Å². The van der Waals surface area contributed by atoms with Crippen molar-refractivity contribution in [2.45, 2.75) is 63.8 Å². The second kappa shape index (κ2) is 7.27. The number of para-hydroxylation sites is 2. The van der Waals surface area contributed by atoms with Crippen LogP contribution >= 0.6 is 0 Å². The number of rotatable bonds is 6. The highest BCUT2D eigenvalue weighted by Crippen LogP contribution is 2.38. The van der Waals surface area contributed by atoms with E-state index < -0.39 is 11.0 Å². The van der Waals surface area contributed by atoms with Crippen LogP contribution in [-0.4, -0.2) is 56.5 Å². The predicted octanol–water partition coefficient (Wildman–Crippen LogP) is 2.35.